The van der Waals surface area contributed by atoms with E-state index in [4.69, 9.17) is 15.7 Å². The number of ether oxygens (including phenoxy) is 1. The summed E-state index contributed by atoms with van der Waals surface area (Å²) in [6, 6.07) is 9.26. The molecular formula is C14H14N4O2. The highest BCUT2D eigenvalue weighted by molar-refractivity contribution is 5.98. The van der Waals surface area contributed by atoms with Gasteiger partial charge in [0.2, 0.25) is 0 Å². The molecular weight excluding hydrogens is 256 g/mol. The fourth-order valence-corrected chi connectivity index (χ4v) is 2.35. The maximum absolute atomic E-state index is 12.4. The molecule has 6 heteroatoms. The fraction of sp³-hybridized carbons (Fsp3) is 0.286. The first-order valence-corrected chi connectivity index (χ1v) is 6.36. The summed E-state index contributed by atoms with van der Waals surface area (Å²) >= 11 is 0. The van der Waals surface area contributed by atoms with Crippen LogP contribution in [0, 0.1) is 11.3 Å². The quantitative estimate of drug-likeness (QED) is 0.759. The maximum Gasteiger partial charge on any atom is 0.270 e. The predicted molar refractivity (Wildman–Crippen MR) is 74.0 cm³/mol. The molecule has 0 spiro atoms. The van der Waals surface area contributed by atoms with Gasteiger partial charge >= 0.3 is 0 Å². The van der Waals surface area contributed by atoms with Gasteiger partial charge in [0, 0.05) is 23.1 Å². The molecule has 102 valence electrons. The number of fused-ring (bicyclic) bond motifs is 1. The first-order valence-electron chi connectivity index (χ1n) is 6.36. The van der Waals surface area contributed by atoms with Gasteiger partial charge in [0.25, 0.3) is 5.91 Å². The monoisotopic (exact) mass is 270 g/mol. The molecule has 2 heterocycles. The largest absolute Gasteiger partial charge is 0.399 e. The van der Waals surface area contributed by atoms with Crippen molar-refractivity contribution in [1.82, 2.24) is 9.88 Å². The molecule has 1 unspecified atom stereocenters. The van der Waals surface area contributed by atoms with E-state index in [1.807, 2.05) is 18.2 Å². The zero-order valence-corrected chi connectivity index (χ0v) is 10.8. The van der Waals surface area contributed by atoms with Gasteiger partial charge in [-0.25, -0.2) is 0 Å². The molecule has 3 N–H and O–H groups in total. The minimum absolute atomic E-state index is 0.122. The minimum Gasteiger partial charge on any atom is -0.399 e. The summed E-state index contributed by atoms with van der Waals surface area (Å²) in [7, 11) is 0. The van der Waals surface area contributed by atoms with Gasteiger partial charge in [0.15, 0.2) is 6.10 Å². The Kier molecular flexibility index (Phi) is 3.05. The number of amides is 1. The van der Waals surface area contributed by atoms with Crippen molar-refractivity contribution in [2.24, 2.45) is 0 Å². The van der Waals surface area contributed by atoms with Crippen LogP contribution in [0.5, 0.6) is 0 Å². The number of aromatic nitrogens is 1. The molecule has 1 amide bonds. The molecule has 1 aliphatic heterocycles. The highest BCUT2D eigenvalue weighted by Gasteiger charge is 2.25. The lowest BCUT2D eigenvalue weighted by Gasteiger charge is -2.29. The van der Waals surface area contributed by atoms with Crippen LogP contribution in [-0.2, 0) is 4.74 Å². The van der Waals surface area contributed by atoms with Crippen molar-refractivity contribution in [3.05, 3.63) is 30.0 Å². The zero-order valence-electron chi connectivity index (χ0n) is 10.8. The molecule has 1 aromatic heterocycles. The Balaban J connectivity index is 1.87. The number of hydrogen-bond acceptors (Lipinski definition) is 4. The normalized spacial score (nSPS) is 18.9. The van der Waals surface area contributed by atoms with E-state index in [-0.39, 0.29) is 5.91 Å². The summed E-state index contributed by atoms with van der Waals surface area (Å²) in [6.07, 6.45) is -0.548. The van der Waals surface area contributed by atoms with Gasteiger partial charge < -0.3 is 20.4 Å². The van der Waals surface area contributed by atoms with Crippen LogP contribution in [-0.4, -0.2) is 41.6 Å². The molecule has 20 heavy (non-hydrogen) atoms. The van der Waals surface area contributed by atoms with Crippen LogP contribution in [0.1, 0.15) is 10.5 Å². The van der Waals surface area contributed by atoms with E-state index in [1.54, 1.807) is 17.0 Å². The molecule has 0 radical (unpaired) electrons. The van der Waals surface area contributed by atoms with Crippen LogP contribution in [0.25, 0.3) is 10.9 Å². The van der Waals surface area contributed by atoms with Crippen molar-refractivity contribution in [3.8, 4) is 6.07 Å². The highest BCUT2D eigenvalue weighted by Crippen LogP contribution is 2.20. The van der Waals surface area contributed by atoms with Crippen molar-refractivity contribution >= 4 is 22.5 Å². The molecule has 6 nitrogen and oxygen atoms in total. The second-order valence-electron chi connectivity index (χ2n) is 4.77. The van der Waals surface area contributed by atoms with E-state index in [1.165, 1.54) is 0 Å². The predicted octanol–water partition coefficient (Wildman–Crippen LogP) is 1.11. The lowest BCUT2D eigenvalue weighted by molar-refractivity contribution is 0.00324. The summed E-state index contributed by atoms with van der Waals surface area (Å²) in [5.41, 5.74) is 7.76. The number of hydrogen-bond donors (Lipinski definition) is 2. The van der Waals surface area contributed by atoms with E-state index >= 15 is 0 Å². The van der Waals surface area contributed by atoms with Crippen molar-refractivity contribution < 1.29 is 9.53 Å². The molecule has 1 aromatic carbocycles. The molecule has 1 fully saturated rings. The van der Waals surface area contributed by atoms with Crippen molar-refractivity contribution in [3.63, 3.8) is 0 Å². The Morgan fingerprint density at radius 2 is 2.35 bits per heavy atom. The third-order valence-electron chi connectivity index (χ3n) is 3.37. The van der Waals surface area contributed by atoms with Crippen LogP contribution in [0.3, 0.4) is 0 Å². The molecule has 0 bridgehead atoms. The third-order valence-corrected chi connectivity index (χ3v) is 3.37. The number of H-pyrrole nitrogens is 1. The minimum atomic E-state index is -0.548. The van der Waals surface area contributed by atoms with E-state index in [9.17, 15) is 4.79 Å². The SMILES string of the molecule is N#CC1CN(C(=O)c2cc3cc(N)ccc3[nH]2)CCO1. The number of nitriles is 1. The standard InChI is InChI=1S/C14H14N4O2/c15-7-11-8-18(3-4-20-11)14(19)13-6-9-5-10(16)1-2-12(9)17-13/h1-2,5-6,11,17H,3-4,8,16H2. The van der Waals surface area contributed by atoms with Gasteiger partial charge in [-0.1, -0.05) is 0 Å². The Hall–Kier alpha value is -2.52. The number of anilines is 1. The summed E-state index contributed by atoms with van der Waals surface area (Å²) < 4.78 is 5.24. The van der Waals surface area contributed by atoms with Gasteiger partial charge in [-0.15, -0.1) is 0 Å². The van der Waals surface area contributed by atoms with Crippen LogP contribution >= 0.6 is 0 Å². The van der Waals surface area contributed by atoms with E-state index in [2.05, 4.69) is 4.98 Å². The topological polar surface area (TPSA) is 95.1 Å². The molecule has 0 aliphatic carbocycles. The number of nitrogens with zero attached hydrogens (tertiary/aromatic N) is 2. The van der Waals surface area contributed by atoms with Crippen LogP contribution in [0.2, 0.25) is 0 Å². The lowest BCUT2D eigenvalue weighted by atomic mass is 10.2. The van der Waals surface area contributed by atoms with E-state index < -0.39 is 6.10 Å². The summed E-state index contributed by atoms with van der Waals surface area (Å²) in [5.74, 6) is -0.122. The van der Waals surface area contributed by atoms with Gasteiger partial charge in [-0.2, -0.15) is 5.26 Å². The first kappa shape index (κ1) is 12.5. The number of rotatable bonds is 1. The first-order chi connectivity index (χ1) is 9.67. The Morgan fingerprint density at radius 1 is 1.50 bits per heavy atom. The number of carbonyl (C=O) groups is 1. The average molecular weight is 270 g/mol. The third kappa shape index (κ3) is 2.19. The second kappa shape index (κ2) is 4.87. The number of benzene rings is 1. The molecule has 1 saturated heterocycles. The van der Waals surface area contributed by atoms with Crippen LogP contribution < -0.4 is 5.73 Å². The Labute approximate surface area is 115 Å². The van der Waals surface area contributed by atoms with Crippen LogP contribution in [0.15, 0.2) is 24.3 Å². The molecule has 0 saturated carbocycles. The Morgan fingerprint density at radius 3 is 3.15 bits per heavy atom. The Bertz CT molecular complexity index is 701. The number of nitrogen functional groups attached to an aromatic ring is 1. The van der Waals surface area contributed by atoms with Crippen molar-refractivity contribution in [2.45, 2.75) is 6.10 Å². The molecule has 2 aromatic rings. The van der Waals surface area contributed by atoms with Gasteiger partial charge in [0.1, 0.15) is 5.69 Å². The van der Waals surface area contributed by atoms with E-state index in [0.29, 0.717) is 31.1 Å². The number of nitrogens with one attached hydrogen (secondary N) is 1. The van der Waals surface area contributed by atoms with Gasteiger partial charge in [-0.05, 0) is 24.3 Å². The summed E-state index contributed by atoms with van der Waals surface area (Å²) in [5, 5.41) is 9.77. The smallest absolute Gasteiger partial charge is 0.270 e. The average Bonchev–Trinajstić information content (AvgIpc) is 2.89. The van der Waals surface area contributed by atoms with E-state index in [0.717, 1.165) is 10.9 Å². The van der Waals surface area contributed by atoms with Crippen molar-refractivity contribution in [1.29, 1.82) is 5.26 Å². The fourth-order valence-electron chi connectivity index (χ4n) is 2.35. The number of morpholine rings is 1. The number of nitrogens with two attached hydrogens (primary N) is 1. The van der Waals surface area contributed by atoms with Crippen LogP contribution in [0.4, 0.5) is 5.69 Å². The van der Waals surface area contributed by atoms with Crippen molar-refractivity contribution in [2.75, 3.05) is 25.4 Å². The van der Waals surface area contributed by atoms with Gasteiger partial charge in [0.05, 0.1) is 19.2 Å². The molecule has 1 aliphatic rings. The lowest BCUT2D eigenvalue weighted by Crippen LogP contribution is -2.45. The second-order valence-corrected chi connectivity index (χ2v) is 4.77. The van der Waals surface area contributed by atoms with Gasteiger partial charge in [-0.3, -0.25) is 4.79 Å². The molecule has 3 rings (SSSR count). The maximum atomic E-state index is 12.4. The summed E-state index contributed by atoms with van der Waals surface area (Å²) in [6.45, 7) is 1.18. The molecule has 1 atom stereocenters. The number of aromatic amines is 1. The zero-order chi connectivity index (χ0) is 14.1. The highest BCUT2D eigenvalue weighted by atomic mass is 16.5. The summed E-state index contributed by atoms with van der Waals surface area (Å²) in [4.78, 5) is 17.1. The number of carbonyl (C=O) groups excluding carboxylic acids is 1.